The maximum absolute atomic E-state index is 12.2. The predicted octanol–water partition coefficient (Wildman–Crippen LogP) is 2.85. The Bertz CT molecular complexity index is 1260. The van der Waals surface area contributed by atoms with E-state index in [1.165, 1.54) is 7.11 Å². The van der Waals surface area contributed by atoms with Crippen LogP contribution in [0.4, 0.5) is 0 Å². The lowest BCUT2D eigenvalue weighted by atomic mass is 10.1. The Labute approximate surface area is 172 Å². The number of ether oxygens (including phenoxy) is 2. The Hall–Kier alpha value is -3.84. The van der Waals surface area contributed by atoms with Crippen LogP contribution in [0.5, 0.6) is 11.5 Å². The first-order valence-electron chi connectivity index (χ1n) is 9.31. The summed E-state index contributed by atoms with van der Waals surface area (Å²) in [6, 6.07) is 18.5. The minimum atomic E-state index is -0.815. The van der Waals surface area contributed by atoms with Crippen molar-refractivity contribution in [2.75, 3.05) is 13.7 Å². The molecule has 0 radical (unpaired) electrons. The third kappa shape index (κ3) is 3.35. The van der Waals surface area contributed by atoms with Gasteiger partial charge in [-0.15, -0.1) is 0 Å². The zero-order chi connectivity index (χ0) is 21.3. The summed E-state index contributed by atoms with van der Waals surface area (Å²) in [6.07, 6.45) is 0. The van der Waals surface area contributed by atoms with Crippen molar-refractivity contribution in [1.29, 1.82) is 0 Å². The van der Waals surface area contributed by atoms with Crippen LogP contribution in [-0.2, 0) is 11.3 Å². The highest BCUT2D eigenvalue weighted by atomic mass is 16.5. The standard InChI is InChI=1S/C23H20N2O5/c1-29-15-10-18-22(19(11-15)30-20(27)13-26)21-16(23(24)28)8-5-9-17(21)25(18)12-14-6-3-2-4-7-14/h2-11,26H,12-13H2,1H3,(H2,24,28). The van der Waals surface area contributed by atoms with E-state index >= 15 is 0 Å². The van der Waals surface area contributed by atoms with Gasteiger partial charge in [0.2, 0.25) is 5.91 Å². The molecule has 0 bridgehead atoms. The van der Waals surface area contributed by atoms with Gasteiger partial charge in [-0.1, -0.05) is 36.4 Å². The molecule has 3 aromatic carbocycles. The molecule has 0 atom stereocenters. The molecule has 4 aromatic rings. The van der Waals surface area contributed by atoms with Crippen LogP contribution in [0.25, 0.3) is 21.8 Å². The van der Waals surface area contributed by atoms with Crippen molar-refractivity contribution in [3.05, 3.63) is 71.8 Å². The Morgan fingerprint density at radius 2 is 1.77 bits per heavy atom. The quantitative estimate of drug-likeness (QED) is 0.380. The second-order valence-electron chi connectivity index (χ2n) is 6.79. The number of primary amides is 1. The normalized spacial score (nSPS) is 11.0. The van der Waals surface area contributed by atoms with Crippen LogP contribution in [-0.4, -0.2) is 35.3 Å². The van der Waals surface area contributed by atoms with Gasteiger partial charge in [0.1, 0.15) is 18.1 Å². The van der Waals surface area contributed by atoms with E-state index in [2.05, 4.69) is 0 Å². The smallest absolute Gasteiger partial charge is 0.337 e. The number of amides is 1. The average molecular weight is 404 g/mol. The third-order valence-corrected chi connectivity index (χ3v) is 4.97. The molecule has 0 aliphatic heterocycles. The first-order chi connectivity index (χ1) is 14.5. The van der Waals surface area contributed by atoms with Crippen molar-refractivity contribution in [2.45, 2.75) is 6.54 Å². The van der Waals surface area contributed by atoms with Gasteiger partial charge in [0, 0.05) is 29.6 Å². The van der Waals surface area contributed by atoms with Gasteiger partial charge in [-0.3, -0.25) is 4.79 Å². The van der Waals surface area contributed by atoms with Crippen molar-refractivity contribution < 1.29 is 24.2 Å². The van der Waals surface area contributed by atoms with E-state index in [1.54, 1.807) is 18.2 Å². The molecule has 152 valence electrons. The van der Waals surface area contributed by atoms with Gasteiger partial charge < -0.3 is 24.9 Å². The molecule has 1 aromatic heterocycles. The van der Waals surface area contributed by atoms with Crippen molar-refractivity contribution in [3.8, 4) is 11.5 Å². The summed E-state index contributed by atoms with van der Waals surface area (Å²) in [5.74, 6) is -0.741. The van der Waals surface area contributed by atoms with Crippen molar-refractivity contribution in [1.82, 2.24) is 4.57 Å². The number of hydrogen-bond acceptors (Lipinski definition) is 5. The topological polar surface area (TPSA) is 104 Å². The van der Waals surface area contributed by atoms with Crippen LogP contribution in [0, 0.1) is 0 Å². The summed E-state index contributed by atoms with van der Waals surface area (Å²) in [6.45, 7) is -0.256. The summed E-state index contributed by atoms with van der Waals surface area (Å²) < 4.78 is 12.8. The predicted molar refractivity (Wildman–Crippen MR) is 113 cm³/mol. The van der Waals surface area contributed by atoms with E-state index in [1.807, 2.05) is 47.0 Å². The Morgan fingerprint density at radius 1 is 1.00 bits per heavy atom. The van der Waals surface area contributed by atoms with Gasteiger partial charge in [0.15, 0.2) is 0 Å². The highest BCUT2D eigenvalue weighted by Gasteiger charge is 2.22. The zero-order valence-corrected chi connectivity index (χ0v) is 16.3. The summed E-state index contributed by atoms with van der Waals surface area (Å²) in [7, 11) is 1.51. The van der Waals surface area contributed by atoms with Crippen molar-refractivity contribution in [2.24, 2.45) is 5.73 Å². The van der Waals surface area contributed by atoms with E-state index in [0.717, 1.165) is 11.1 Å². The molecule has 0 unspecified atom stereocenters. The summed E-state index contributed by atoms with van der Waals surface area (Å²) >= 11 is 0. The van der Waals surface area contributed by atoms with Crippen molar-refractivity contribution in [3.63, 3.8) is 0 Å². The van der Waals surface area contributed by atoms with E-state index < -0.39 is 18.5 Å². The molecular weight excluding hydrogens is 384 g/mol. The van der Waals surface area contributed by atoms with E-state index in [-0.39, 0.29) is 5.75 Å². The number of nitrogens with zero attached hydrogens (tertiary/aromatic N) is 1. The highest BCUT2D eigenvalue weighted by molar-refractivity contribution is 6.20. The number of rotatable bonds is 6. The molecule has 0 saturated carbocycles. The molecule has 3 N–H and O–H groups in total. The summed E-state index contributed by atoms with van der Waals surface area (Å²) in [5.41, 5.74) is 8.49. The molecule has 0 aliphatic rings. The Kier molecular flexibility index (Phi) is 5.12. The number of carbonyl (C=O) groups is 2. The Morgan fingerprint density at radius 3 is 2.43 bits per heavy atom. The average Bonchev–Trinajstić information content (AvgIpc) is 3.08. The molecule has 7 nitrogen and oxygen atoms in total. The van der Waals surface area contributed by atoms with E-state index in [4.69, 9.17) is 20.3 Å². The van der Waals surface area contributed by atoms with Gasteiger partial charge in [-0.2, -0.15) is 0 Å². The van der Waals surface area contributed by atoms with E-state index in [9.17, 15) is 9.59 Å². The first-order valence-corrected chi connectivity index (χ1v) is 9.31. The molecule has 4 rings (SSSR count). The molecule has 0 fully saturated rings. The lowest BCUT2D eigenvalue weighted by molar-refractivity contribution is -0.137. The fraction of sp³-hybridized carbons (Fsp3) is 0.130. The van der Waals surface area contributed by atoms with Crippen LogP contribution in [0.3, 0.4) is 0 Å². The number of methoxy groups -OCH3 is 1. The number of aliphatic hydroxyl groups is 1. The maximum Gasteiger partial charge on any atom is 0.337 e. The molecule has 1 amide bonds. The van der Waals surface area contributed by atoms with Crippen LogP contribution in [0.2, 0.25) is 0 Å². The third-order valence-electron chi connectivity index (χ3n) is 4.97. The maximum atomic E-state index is 12.2. The van der Waals surface area contributed by atoms with Crippen molar-refractivity contribution >= 4 is 33.7 Å². The molecule has 30 heavy (non-hydrogen) atoms. The number of fused-ring (bicyclic) bond motifs is 3. The zero-order valence-electron chi connectivity index (χ0n) is 16.3. The fourth-order valence-corrected chi connectivity index (χ4v) is 3.69. The first kappa shape index (κ1) is 19.5. The number of aromatic nitrogens is 1. The van der Waals surface area contributed by atoms with Gasteiger partial charge in [-0.25, -0.2) is 4.79 Å². The second-order valence-corrected chi connectivity index (χ2v) is 6.79. The molecule has 0 spiro atoms. The molecule has 0 aliphatic carbocycles. The Balaban J connectivity index is 2.11. The van der Waals surface area contributed by atoms with Crippen LogP contribution in [0.15, 0.2) is 60.7 Å². The monoisotopic (exact) mass is 404 g/mol. The number of aliphatic hydroxyl groups excluding tert-OH is 1. The van der Waals surface area contributed by atoms with Gasteiger partial charge in [0.25, 0.3) is 0 Å². The lowest BCUT2D eigenvalue weighted by Gasteiger charge is -2.11. The lowest BCUT2D eigenvalue weighted by Crippen LogP contribution is -2.13. The number of hydrogen-bond donors (Lipinski definition) is 2. The summed E-state index contributed by atoms with van der Waals surface area (Å²) in [4.78, 5) is 24.0. The minimum Gasteiger partial charge on any atom is -0.497 e. The van der Waals surface area contributed by atoms with E-state index in [0.29, 0.717) is 34.1 Å². The SMILES string of the molecule is COc1cc(OC(=O)CO)c2c3c(C(N)=O)cccc3n(Cc3ccccc3)c2c1. The van der Waals surface area contributed by atoms with Crippen LogP contribution < -0.4 is 15.2 Å². The van der Waals surface area contributed by atoms with Crippen LogP contribution in [0.1, 0.15) is 15.9 Å². The minimum absolute atomic E-state index is 0.189. The fourth-order valence-electron chi connectivity index (χ4n) is 3.69. The molecule has 1 heterocycles. The molecular formula is C23H20N2O5. The molecule has 7 heteroatoms. The number of carbonyl (C=O) groups excluding carboxylic acids is 2. The number of esters is 1. The number of nitrogens with two attached hydrogens (primary N) is 1. The molecule has 0 saturated heterocycles. The van der Waals surface area contributed by atoms with Gasteiger partial charge in [-0.05, 0) is 17.7 Å². The second kappa shape index (κ2) is 7.88. The van der Waals surface area contributed by atoms with Crippen LogP contribution >= 0.6 is 0 Å². The summed E-state index contributed by atoms with van der Waals surface area (Å²) in [5, 5.41) is 10.3. The largest absolute Gasteiger partial charge is 0.497 e. The number of benzene rings is 3. The van der Waals surface area contributed by atoms with Gasteiger partial charge >= 0.3 is 5.97 Å². The van der Waals surface area contributed by atoms with Gasteiger partial charge in [0.05, 0.1) is 23.5 Å². The highest BCUT2D eigenvalue weighted by Crippen LogP contribution is 2.40.